The van der Waals surface area contributed by atoms with Gasteiger partial charge in [-0.1, -0.05) is 0 Å². The van der Waals surface area contributed by atoms with E-state index >= 15 is 0 Å². The van der Waals surface area contributed by atoms with Crippen LogP contribution in [0.1, 0.15) is 0 Å². The summed E-state index contributed by atoms with van der Waals surface area (Å²) >= 11 is 0. The molecule has 0 unspecified atom stereocenters. The summed E-state index contributed by atoms with van der Waals surface area (Å²) < 4.78 is 1.74. The first-order valence-electron chi connectivity index (χ1n) is 3.62. The third-order valence-corrected chi connectivity index (χ3v) is 1.58. The molecule has 2 aromatic rings. The van der Waals surface area contributed by atoms with Crippen molar-refractivity contribution < 1.29 is 0 Å². The van der Waals surface area contributed by atoms with E-state index in [1.807, 2.05) is 19.3 Å². The first-order valence-corrected chi connectivity index (χ1v) is 3.62. The highest BCUT2D eigenvalue weighted by molar-refractivity contribution is 5.50. The van der Waals surface area contributed by atoms with Crippen LogP contribution in [0.4, 0.5) is 0 Å². The Hall–Kier alpha value is -1.65. The van der Waals surface area contributed by atoms with Gasteiger partial charge in [-0.25, -0.2) is 0 Å². The van der Waals surface area contributed by atoms with Gasteiger partial charge in [0, 0.05) is 20.3 Å². The third kappa shape index (κ3) is 1.09. The van der Waals surface area contributed by atoms with Crippen LogP contribution in [0.25, 0.3) is 11.4 Å². The zero-order valence-corrected chi connectivity index (χ0v) is 6.97. The molecule has 0 spiro atoms. The zero-order chi connectivity index (χ0) is 8.55. The van der Waals surface area contributed by atoms with Gasteiger partial charge in [0.1, 0.15) is 11.4 Å². The molecule has 0 fully saturated rings. The minimum atomic E-state index is 0.804. The van der Waals surface area contributed by atoms with Crippen molar-refractivity contribution in [2.24, 2.45) is 14.1 Å². The van der Waals surface area contributed by atoms with Gasteiger partial charge in [0.05, 0.1) is 6.20 Å². The standard InChI is InChI=1S/C7H9N5/c1-11-4-3-6(9-11)7-5-8-12(2)10-7/h3-5H,1-2H3. The predicted molar refractivity (Wildman–Crippen MR) is 43.2 cm³/mol. The molecule has 5 heteroatoms. The van der Waals surface area contributed by atoms with E-state index in [1.165, 1.54) is 4.80 Å². The van der Waals surface area contributed by atoms with Crippen LogP contribution >= 0.6 is 0 Å². The maximum absolute atomic E-state index is 4.20. The summed E-state index contributed by atoms with van der Waals surface area (Å²) in [6.07, 6.45) is 3.58. The Morgan fingerprint density at radius 1 is 1.17 bits per heavy atom. The van der Waals surface area contributed by atoms with Gasteiger partial charge in [0.2, 0.25) is 0 Å². The highest BCUT2D eigenvalue weighted by Crippen LogP contribution is 2.10. The molecule has 0 aliphatic carbocycles. The summed E-state index contributed by atoms with van der Waals surface area (Å²) in [5.74, 6) is 0. The van der Waals surface area contributed by atoms with Crippen molar-refractivity contribution in [2.45, 2.75) is 0 Å². The molecule has 5 nitrogen and oxygen atoms in total. The molecule has 0 bridgehead atoms. The summed E-state index contributed by atoms with van der Waals surface area (Å²) in [6.45, 7) is 0. The molecule has 0 aliphatic heterocycles. The fraction of sp³-hybridized carbons (Fsp3) is 0.286. The van der Waals surface area contributed by atoms with E-state index in [9.17, 15) is 0 Å². The van der Waals surface area contributed by atoms with Crippen LogP contribution < -0.4 is 0 Å². The fourth-order valence-corrected chi connectivity index (χ4v) is 1.01. The monoisotopic (exact) mass is 163 g/mol. The lowest BCUT2D eigenvalue weighted by atomic mass is 10.3. The molecule has 12 heavy (non-hydrogen) atoms. The van der Waals surface area contributed by atoms with E-state index in [2.05, 4.69) is 15.3 Å². The van der Waals surface area contributed by atoms with Crippen LogP contribution in [-0.2, 0) is 14.1 Å². The maximum Gasteiger partial charge on any atom is 0.133 e. The number of aromatic nitrogens is 5. The highest BCUT2D eigenvalue weighted by Gasteiger charge is 2.03. The second-order valence-electron chi connectivity index (χ2n) is 2.59. The zero-order valence-electron chi connectivity index (χ0n) is 6.97. The SMILES string of the molecule is Cn1ccc(-c2cnn(C)n2)n1. The van der Waals surface area contributed by atoms with E-state index < -0.39 is 0 Å². The largest absolute Gasteiger partial charge is 0.275 e. The lowest BCUT2D eigenvalue weighted by molar-refractivity contribution is 0.654. The molecule has 0 radical (unpaired) electrons. The lowest BCUT2D eigenvalue weighted by Gasteiger charge is -1.86. The molecular weight excluding hydrogens is 154 g/mol. The van der Waals surface area contributed by atoms with Crippen molar-refractivity contribution in [3.8, 4) is 11.4 Å². The summed E-state index contributed by atoms with van der Waals surface area (Å²) in [4.78, 5) is 1.52. The average molecular weight is 163 g/mol. The highest BCUT2D eigenvalue weighted by atomic mass is 15.5. The molecule has 0 saturated carbocycles. The van der Waals surface area contributed by atoms with Gasteiger partial charge in [-0.15, -0.1) is 0 Å². The Kier molecular flexibility index (Phi) is 1.43. The lowest BCUT2D eigenvalue weighted by Crippen LogP contribution is -1.92. The third-order valence-electron chi connectivity index (χ3n) is 1.58. The molecule has 0 aromatic carbocycles. The topological polar surface area (TPSA) is 48.5 Å². The molecular formula is C7H9N5. The van der Waals surface area contributed by atoms with E-state index in [4.69, 9.17) is 0 Å². The van der Waals surface area contributed by atoms with Crippen molar-refractivity contribution in [2.75, 3.05) is 0 Å². The smallest absolute Gasteiger partial charge is 0.133 e. The van der Waals surface area contributed by atoms with Crippen molar-refractivity contribution in [3.63, 3.8) is 0 Å². The van der Waals surface area contributed by atoms with Crippen LogP contribution in [0.5, 0.6) is 0 Å². The molecule has 0 saturated heterocycles. The van der Waals surface area contributed by atoms with E-state index in [1.54, 1.807) is 17.9 Å². The summed E-state index contributed by atoms with van der Waals surface area (Å²) in [7, 11) is 3.66. The Bertz CT molecular complexity index is 348. The molecule has 2 heterocycles. The maximum atomic E-state index is 4.20. The van der Waals surface area contributed by atoms with Gasteiger partial charge in [0.15, 0.2) is 0 Å². The van der Waals surface area contributed by atoms with Gasteiger partial charge in [-0.3, -0.25) is 4.68 Å². The number of hydrogen-bond acceptors (Lipinski definition) is 3. The van der Waals surface area contributed by atoms with Crippen molar-refractivity contribution in [1.29, 1.82) is 0 Å². The minimum absolute atomic E-state index is 0.804. The van der Waals surface area contributed by atoms with Crippen molar-refractivity contribution in [3.05, 3.63) is 18.5 Å². The van der Waals surface area contributed by atoms with Gasteiger partial charge in [-0.05, 0) is 6.07 Å². The van der Waals surface area contributed by atoms with Gasteiger partial charge in [-0.2, -0.15) is 20.1 Å². The Labute approximate surface area is 69.6 Å². The van der Waals surface area contributed by atoms with E-state index in [0.717, 1.165) is 11.4 Å². The molecule has 0 N–H and O–H groups in total. The number of hydrogen-bond donors (Lipinski definition) is 0. The van der Waals surface area contributed by atoms with Crippen LogP contribution in [0, 0.1) is 0 Å². The van der Waals surface area contributed by atoms with Crippen LogP contribution in [0.2, 0.25) is 0 Å². The van der Waals surface area contributed by atoms with Crippen LogP contribution in [-0.4, -0.2) is 24.8 Å². The Balaban J connectivity index is 2.43. The van der Waals surface area contributed by atoms with Crippen LogP contribution in [0.3, 0.4) is 0 Å². The minimum Gasteiger partial charge on any atom is -0.275 e. The normalized spacial score (nSPS) is 10.5. The molecule has 0 amide bonds. The molecule has 0 aliphatic rings. The predicted octanol–water partition coefficient (Wildman–Crippen LogP) is 0.216. The molecule has 0 atom stereocenters. The first-order chi connectivity index (χ1) is 5.75. The summed E-state index contributed by atoms with van der Waals surface area (Å²) in [5.41, 5.74) is 1.66. The number of aryl methyl sites for hydroxylation is 2. The molecule has 2 rings (SSSR count). The number of nitrogens with zero attached hydrogens (tertiary/aromatic N) is 5. The van der Waals surface area contributed by atoms with Gasteiger partial charge in [0.25, 0.3) is 0 Å². The van der Waals surface area contributed by atoms with E-state index in [-0.39, 0.29) is 0 Å². The second kappa shape index (κ2) is 2.44. The van der Waals surface area contributed by atoms with Crippen molar-refractivity contribution in [1.82, 2.24) is 24.8 Å². The second-order valence-corrected chi connectivity index (χ2v) is 2.59. The average Bonchev–Trinajstić information content (AvgIpc) is 2.58. The van der Waals surface area contributed by atoms with Gasteiger partial charge < -0.3 is 0 Å². The van der Waals surface area contributed by atoms with E-state index in [0.29, 0.717) is 0 Å². The quantitative estimate of drug-likeness (QED) is 0.604. The molecule has 62 valence electrons. The van der Waals surface area contributed by atoms with Gasteiger partial charge >= 0.3 is 0 Å². The fourth-order valence-electron chi connectivity index (χ4n) is 1.01. The summed E-state index contributed by atoms with van der Waals surface area (Å²) in [5, 5.41) is 12.3. The van der Waals surface area contributed by atoms with Crippen LogP contribution in [0.15, 0.2) is 18.5 Å². The molecule has 2 aromatic heterocycles. The Morgan fingerprint density at radius 3 is 2.50 bits per heavy atom. The Morgan fingerprint density at radius 2 is 2.00 bits per heavy atom. The van der Waals surface area contributed by atoms with Crippen molar-refractivity contribution >= 4 is 0 Å². The summed E-state index contributed by atoms with van der Waals surface area (Å²) in [6, 6.07) is 1.91. The first kappa shape index (κ1) is 7.02. The number of rotatable bonds is 1.